The van der Waals surface area contributed by atoms with E-state index in [2.05, 4.69) is 21.2 Å². The van der Waals surface area contributed by atoms with Gasteiger partial charge in [0.25, 0.3) is 0 Å². The molecule has 1 heterocycles. The molecule has 28 heavy (non-hydrogen) atoms. The third-order valence-electron chi connectivity index (χ3n) is 5.32. The highest BCUT2D eigenvalue weighted by Gasteiger charge is 2.48. The number of fused-ring (bicyclic) bond motifs is 1. The van der Waals surface area contributed by atoms with Gasteiger partial charge in [-0.25, -0.2) is 9.18 Å². The molecule has 1 saturated carbocycles. The number of amides is 1. The van der Waals surface area contributed by atoms with E-state index < -0.39 is 11.6 Å². The van der Waals surface area contributed by atoms with E-state index >= 15 is 0 Å². The Morgan fingerprint density at radius 1 is 1.32 bits per heavy atom. The van der Waals surface area contributed by atoms with Crippen molar-refractivity contribution < 1.29 is 13.9 Å². The number of rotatable bonds is 3. The van der Waals surface area contributed by atoms with Crippen molar-refractivity contribution in [3.8, 4) is 0 Å². The molecule has 4 nitrogen and oxygen atoms in total. The van der Waals surface area contributed by atoms with Crippen LogP contribution in [-0.4, -0.2) is 17.0 Å². The van der Waals surface area contributed by atoms with Gasteiger partial charge < -0.3 is 4.74 Å². The molecule has 1 aliphatic heterocycles. The zero-order chi connectivity index (χ0) is 19.6. The molecule has 146 valence electrons. The maximum absolute atomic E-state index is 14.7. The number of ether oxygens (including phenoxy) is 1. The molecule has 0 unspecified atom stereocenters. The van der Waals surface area contributed by atoms with Crippen LogP contribution in [-0.2, 0) is 16.9 Å². The van der Waals surface area contributed by atoms with E-state index in [4.69, 9.17) is 9.73 Å². The van der Waals surface area contributed by atoms with Crippen molar-refractivity contribution in [2.45, 2.75) is 31.4 Å². The normalized spacial score (nSPS) is 23.6. The van der Waals surface area contributed by atoms with Crippen LogP contribution in [0.15, 0.2) is 58.0 Å². The van der Waals surface area contributed by atoms with Gasteiger partial charge in [-0.3, -0.25) is 10.3 Å². The summed E-state index contributed by atoms with van der Waals surface area (Å²) in [6, 6.07) is 14.5. The summed E-state index contributed by atoms with van der Waals surface area (Å²) in [5.74, 6) is 0.799. The molecule has 0 radical (unpaired) electrons. The topological polar surface area (TPSA) is 50.7 Å². The average molecular weight is 463 g/mol. The van der Waals surface area contributed by atoms with Gasteiger partial charge in [0.05, 0.1) is 5.54 Å². The second-order valence-electron chi connectivity index (χ2n) is 7.05. The Balaban J connectivity index is 1.53. The highest BCUT2D eigenvalue weighted by molar-refractivity contribution is 9.10. The summed E-state index contributed by atoms with van der Waals surface area (Å²) in [6.07, 6.45) is 2.23. The van der Waals surface area contributed by atoms with Crippen molar-refractivity contribution in [2.24, 2.45) is 10.9 Å². The number of halogens is 2. The van der Waals surface area contributed by atoms with Crippen molar-refractivity contribution in [1.82, 2.24) is 5.32 Å². The van der Waals surface area contributed by atoms with Crippen LogP contribution in [0.3, 0.4) is 0 Å². The summed E-state index contributed by atoms with van der Waals surface area (Å²) in [6.45, 7) is 0.193. The third kappa shape index (κ3) is 3.96. The second kappa shape index (κ2) is 8.25. The molecular weight excluding hydrogens is 443 g/mol. The molecule has 2 aromatic rings. The summed E-state index contributed by atoms with van der Waals surface area (Å²) in [5, 5.41) is 3.24. The number of amidine groups is 1. The highest BCUT2D eigenvalue weighted by atomic mass is 79.9. The first-order valence-corrected chi connectivity index (χ1v) is 11.0. The number of thioether (sulfide) groups is 1. The molecule has 2 atom stereocenters. The van der Waals surface area contributed by atoms with E-state index in [9.17, 15) is 9.18 Å². The van der Waals surface area contributed by atoms with Crippen molar-refractivity contribution in [1.29, 1.82) is 0 Å². The van der Waals surface area contributed by atoms with Crippen LogP contribution in [0, 0.1) is 11.7 Å². The number of nitrogens with one attached hydrogen (secondary N) is 1. The molecule has 1 fully saturated rings. The Bertz CT molecular complexity index is 909. The lowest BCUT2D eigenvalue weighted by Crippen LogP contribution is -2.40. The fraction of sp³-hybridized carbons (Fsp3) is 0.333. The van der Waals surface area contributed by atoms with Crippen LogP contribution >= 0.6 is 27.7 Å². The maximum Gasteiger partial charge on any atom is 0.413 e. The standard InChI is InChI=1S/C21H20BrFN2O2S/c22-16-8-9-18(23)17(11-16)21-10-4-7-15(21)13-28-19(25-21)24-20(26)27-12-14-5-2-1-3-6-14/h1-3,5-6,8-9,11,15H,4,7,10,12-13H2,(H,24,25,26)/t15-,21-/m0/s1. The van der Waals surface area contributed by atoms with E-state index in [0.29, 0.717) is 10.7 Å². The first-order valence-electron chi connectivity index (χ1n) is 9.23. The highest BCUT2D eigenvalue weighted by Crippen LogP contribution is 2.51. The van der Waals surface area contributed by atoms with Gasteiger partial charge in [0.2, 0.25) is 0 Å². The first-order chi connectivity index (χ1) is 13.6. The fourth-order valence-corrected chi connectivity index (χ4v) is 5.52. The minimum Gasteiger partial charge on any atom is -0.444 e. The molecule has 1 N–H and O–H groups in total. The van der Waals surface area contributed by atoms with Gasteiger partial charge in [-0.1, -0.05) is 64.4 Å². The fourth-order valence-electron chi connectivity index (χ4n) is 3.98. The molecule has 7 heteroatoms. The van der Waals surface area contributed by atoms with Gasteiger partial charge in [0.1, 0.15) is 12.4 Å². The Morgan fingerprint density at radius 2 is 2.14 bits per heavy atom. The summed E-state index contributed by atoms with van der Waals surface area (Å²) in [7, 11) is 0. The number of carbonyl (C=O) groups is 1. The Labute approximate surface area is 176 Å². The van der Waals surface area contributed by atoms with Gasteiger partial charge in [0.15, 0.2) is 5.17 Å². The van der Waals surface area contributed by atoms with E-state index in [-0.39, 0.29) is 18.3 Å². The van der Waals surface area contributed by atoms with Crippen molar-refractivity contribution in [2.75, 3.05) is 5.75 Å². The summed E-state index contributed by atoms with van der Waals surface area (Å²) in [5.41, 5.74) is 0.891. The van der Waals surface area contributed by atoms with Crippen LogP contribution in [0.4, 0.5) is 9.18 Å². The molecule has 0 aromatic heterocycles. The molecule has 4 rings (SSSR count). The summed E-state index contributed by atoms with van der Waals surface area (Å²) in [4.78, 5) is 17.1. The molecule has 2 aromatic carbocycles. The number of aliphatic imine (C=N–C) groups is 1. The van der Waals surface area contributed by atoms with E-state index in [0.717, 1.165) is 35.1 Å². The van der Waals surface area contributed by atoms with Gasteiger partial charge in [-0.15, -0.1) is 0 Å². The van der Waals surface area contributed by atoms with Crippen molar-refractivity contribution >= 4 is 39.0 Å². The van der Waals surface area contributed by atoms with E-state index in [1.807, 2.05) is 36.4 Å². The number of carbonyl (C=O) groups excluding carboxylic acids is 1. The lowest BCUT2D eigenvalue weighted by atomic mass is 9.81. The lowest BCUT2D eigenvalue weighted by molar-refractivity contribution is 0.145. The van der Waals surface area contributed by atoms with Crippen LogP contribution in [0.2, 0.25) is 0 Å². The van der Waals surface area contributed by atoms with Crippen LogP contribution in [0.25, 0.3) is 0 Å². The quantitative estimate of drug-likeness (QED) is 0.644. The molecule has 0 spiro atoms. The van der Waals surface area contributed by atoms with Crippen molar-refractivity contribution in [3.05, 3.63) is 69.9 Å². The van der Waals surface area contributed by atoms with Gasteiger partial charge in [-0.2, -0.15) is 0 Å². The average Bonchev–Trinajstić information content (AvgIpc) is 3.13. The molecule has 0 saturated heterocycles. The largest absolute Gasteiger partial charge is 0.444 e. The number of hydrogen-bond donors (Lipinski definition) is 1. The number of benzene rings is 2. The van der Waals surface area contributed by atoms with Crippen LogP contribution < -0.4 is 5.32 Å². The SMILES string of the molecule is O=C(NC1=N[C@@]2(c3cc(Br)ccc3F)CCC[C@H]2CS1)OCc1ccccc1. The lowest BCUT2D eigenvalue weighted by Gasteiger charge is -2.36. The van der Waals surface area contributed by atoms with Crippen LogP contribution in [0.5, 0.6) is 0 Å². The van der Waals surface area contributed by atoms with Crippen molar-refractivity contribution in [3.63, 3.8) is 0 Å². The monoisotopic (exact) mass is 462 g/mol. The maximum atomic E-state index is 14.7. The zero-order valence-corrected chi connectivity index (χ0v) is 17.6. The predicted molar refractivity (Wildman–Crippen MR) is 113 cm³/mol. The Hall–Kier alpha value is -1.86. The van der Waals surface area contributed by atoms with Gasteiger partial charge >= 0.3 is 6.09 Å². The predicted octanol–water partition coefficient (Wildman–Crippen LogP) is 5.61. The number of alkyl carbamates (subject to hydrolysis) is 1. The number of hydrogen-bond acceptors (Lipinski definition) is 4. The third-order valence-corrected chi connectivity index (χ3v) is 6.85. The zero-order valence-electron chi connectivity index (χ0n) is 15.2. The van der Waals surface area contributed by atoms with Gasteiger partial charge in [0, 0.05) is 15.8 Å². The molecule has 0 bridgehead atoms. The minimum atomic E-state index is -0.624. The van der Waals surface area contributed by atoms with E-state index in [1.165, 1.54) is 17.8 Å². The number of nitrogens with zero attached hydrogens (tertiary/aromatic N) is 1. The molecule has 2 aliphatic rings. The minimum absolute atomic E-state index is 0.193. The smallest absolute Gasteiger partial charge is 0.413 e. The molecule has 1 aliphatic carbocycles. The molecular formula is C21H20BrFN2O2S. The Kier molecular flexibility index (Phi) is 5.73. The second-order valence-corrected chi connectivity index (χ2v) is 8.98. The van der Waals surface area contributed by atoms with E-state index in [1.54, 1.807) is 6.07 Å². The Morgan fingerprint density at radius 3 is 2.96 bits per heavy atom. The summed E-state index contributed by atoms with van der Waals surface area (Å²) >= 11 is 4.94. The molecule has 1 amide bonds. The van der Waals surface area contributed by atoms with Gasteiger partial charge in [-0.05, 0) is 42.5 Å². The summed E-state index contributed by atoms with van der Waals surface area (Å²) < 4.78 is 20.8. The first kappa shape index (κ1) is 19.5. The van der Waals surface area contributed by atoms with Crippen LogP contribution in [0.1, 0.15) is 30.4 Å².